The highest BCUT2D eigenvalue weighted by atomic mass is 79.9. The summed E-state index contributed by atoms with van der Waals surface area (Å²) in [5, 5.41) is 6.32. The second-order valence-corrected chi connectivity index (χ2v) is 5.38. The van der Waals surface area contributed by atoms with E-state index in [2.05, 4.69) is 31.4 Å². The van der Waals surface area contributed by atoms with Crippen molar-refractivity contribution in [2.75, 3.05) is 17.7 Å². The predicted octanol–water partition coefficient (Wildman–Crippen LogP) is 2.19. The Hall–Kier alpha value is -1.93. The van der Waals surface area contributed by atoms with Gasteiger partial charge in [-0.15, -0.1) is 0 Å². The SMILES string of the molecule is Cc1noc(COCC(=O)Nc2cc(Br)cc(C)c2N)n1. The third-order valence-electron chi connectivity index (χ3n) is 2.65. The highest BCUT2D eigenvalue weighted by Crippen LogP contribution is 2.27. The number of amides is 1. The van der Waals surface area contributed by atoms with E-state index in [1.165, 1.54) is 0 Å². The van der Waals surface area contributed by atoms with Crippen molar-refractivity contribution in [1.29, 1.82) is 0 Å². The smallest absolute Gasteiger partial charge is 0.252 e. The average molecular weight is 355 g/mol. The van der Waals surface area contributed by atoms with Crippen molar-refractivity contribution >= 4 is 33.2 Å². The van der Waals surface area contributed by atoms with Crippen LogP contribution < -0.4 is 11.1 Å². The van der Waals surface area contributed by atoms with E-state index < -0.39 is 0 Å². The fourth-order valence-corrected chi connectivity index (χ4v) is 2.25. The minimum atomic E-state index is -0.310. The number of aryl methyl sites for hydroxylation is 2. The zero-order valence-corrected chi connectivity index (χ0v) is 13.2. The molecule has 0 saturated carbocycles. The third-order valence-corrected chi connectivity index (χ3v) is 3.11. The summed E-state index contributed by atoms with van der Waals surface area (Å²) in [4.78, 5) is 15.8. The van der Waals surface area contributed by atoms with Crippen molar-refractivity contribution in [2.45, 2.75) is 20.5 Å². The number of carbonyl (C=O) groups is 1. The quantitative estimate of drug-likeness (QED) is 0.797. The molecule has 1 amide bonds. The highest BCUT2D eigenvalue weighted by Gasteiger charge is 2.10. The summed E-state index contributed by atoms with van der Waals surface area (Å²) in [5.74, 6) is 0.545. The molecule has 1 heterocycles. The minimum absolute atomic E-state index is 0.0846. The third kappa shape index (κ3) is 4.27. The monoisotopic (exact) mass is 354 g/mol. The Morgan fingerprint density at radius 3 is 2.90 bits per heavy atom. The zero-order chi connectivity index (χ0) is 15.4. The number of benzene rings is 1. The number of nitrogens with one attached hydrogen (secondary N) is 1. The maximum Gasteiger partial charge on any atom is 0.252 e. The number of halogens is 1. The first-order valence-electron chi connectivity index (χ1n) is 6.18. The van der Waals surface area contributed by atoms with Crippen LogP contribution in [0.2, 0.25) is 0 Å². The van der Waals surface area contributed by atoms with Gasteiger partial charge < -0.3 is 20.3 Å². The molecule has 0 aliphatic heterocycles. The van der Waals surface area contributed by atoms with Crippen LogP contribution in [0.3, 0.4) is 0 Å². The fourth-order valence-electron chi connectivity index (χ4n) is 1.67. The van der Waals surface area contributed by atoms with Crippen LogP contribution in [-0.4, -0.2) is 22.7 Å². The van der Waals surface area contributed by atoms with Gasteiger partial charge in [-0.25, -0.2) is 0 Å². The molecule has 0 spiro atoms. The molecule has 0 fully saturated rings. The van der Waals surface area contributed by atoms with Gasteiger partial charge in [0.25, 0.3) is 5.89 Å². The normalized spacial score (nSPS) is 10.6. The van der Waals surface area contributed by atoms with Crippen LogP contribution in [0.5, 0.6) is 0 Å². The first-order valence-corrected chi connectivity index (χ1v) is 6.97. The van der Waals surface area contributed by atoms with Crippen LogP contribution in [0.15, 0.2) is 21.1 Å². The minimum Gasteiger partial charge on any atom is -0.397 e. The van der Waals surface area contributed by atoms with Crippen molar-refractivity contribution < 1.29 is 14.1 Å². The van der Waals surface area contributed by atoms with Crippen molar-refractivity contribution in [3.05, 3.63) is 33.9 Å². The lowest BCUT2D eigenvalue weighted by Crippen LogP contribution is -2.19. The Labute approximate surface area is 130 Å². The van der Waals surface area contributed by atoms with Crippen molar-refractivity contribution in [1.82, 2.24) is 10.1 Å². The number of anilines is 2. The van der Waals surface area contributed by atoms with Crippen molar-refractivity contribution in [3.63, 3.8) is 0 Å². The lowest BCUT2D eigenvalue weighted by Gasteiger charge is -2.11. The summed E-state index contributed by atoms with van der Waals surface area (Å²) >= 11 is 3.36. The van der Waals surface area contributed by atoms with E-state index in [-0.39, 0.29) is 19.1 Å². The first-order chi connectivity index (χ1) is 9.95. The van der Waals surface area contributed by atoms with Gasteiger partial charge in [0, 0.05) is 4.47 Å². The van der Waals surface area contributed by atoms with Gasteiger partial charge in [0.2, 0.25) is 5.91 Å². The van der Waals surface area contributed by atoms with Crippen LogP contribution in [0.1, 0.15) is 17.3 Å². The number of hydrogen-bond acceptors (Lipinski definition) is 6. The summed E-state index contributed by atoms with van der Waals surface area (Å²) in [7, 11) is 0. The lowest BCUT2D eigenvalue weighted by atomic mass is 10.2. The molecular formula is C13H15BrN4O3. The molecule has 0 atom stereocenters. The Balaban J connectivity index is 1.87. The fraction of sp³-hybridized carbons (Fsp3) is 0.308. The van der Waals surface area contributed by atoms with E-state index in [4.69, 9.17) is 15.0 Å². The van der Waals surface area contributed by atoms with Crippen LogP contribution in [0, 0.1) is 13.8 Å². The molecule has 0 saturated heterocycles. The molecule has 2 aromatic rings. The molecule has 2 rings (SSSR count). The largest absolute Gasteiger partial charge is 0.397 e. The highest BCUT2D eigenvalue weighted by molar-refractivity contribution is 9.10. The topological polar surface area (TPSA) is 103 Å². The lowest BCUT2D eigenvalue weighted by molar-refractivity contribution is -0.121. The average Bonchev–Trinajstić information content (AvgIpc) is 2.81. The zero-order valence-electron chi connectivity index (χ0n) is 11.6. The molecule has 7 nitrogen and oxygen atoms in total. The summed E-state index contributed by atoms with van der Waals surface area (Å²) < 4.78 is 10.9. The molecule has 0 unspecified atom stereocenters. The summed E-state index contributed by atoms with van der Waals surface area (Å²) in [5.41, 5.74) is 7.86. The molecule has 1 aromatic carbocycles. The molecule has 112 valence electrons. The van der Waals surface area contributed by atoms with Crippen molar-refractivity contribution in [2.24, 2.45) is 0 Å². The number of aromatic nitrogens is 2. The molecule has 1 aromatic heterocycles. The number of nitrogens with two attached hydrogens (primary N) is 1. The molecule has 0 bridgehead atoms. The van der Waals surface area contributed by atoms with Crippen LogP contribution in [0.4, 0.5) is 11.4 Å². The van der Waals surface area contributed by atoms with E-state index in [1.54, 1.807) is 13.0 Å². The Bertz CT molecular complexity index is 657. The Morgan fingerprint density at radius 2 is 2.24 bits per heavy atom. The van der Waals surface area contributed by atoms with Crippen LogP contribution >= 0.6 is 15.9 Å². The van der Waals surface area contributed by atoms with E-state index in [0.717, 1.165) is 10.0 Å². The first kappa shape index (κ1) is 15.5. The van der Waals surface area contributed by atoms with Gasteiger partial charge >= 0.3 is 0 Å². The molecular weight excluding hydrogens is 340 g/mol. The van der Waals surface area contributed by atoms with Gasteiger partial charge in [0.1, 0.15) is 13.2 Å². The van der Waals surface area contributed by atoms with E-state index >= 15 is 0 Å². The van der Waals surface area contributed by atoms with Crippen molar-refractivity contribution in [3.8, 4) is 0 Å². The number of nitrogens with zero attached hydrogens (tertiary/aromatic N) is 2. The van der Waals surface area contributed by atoms with Gasteiger partial charge in [0.15, 0.2) is 5.82 Å². The van der Waals surface area contributed by atoms with Gasteiger partial charge in [-0.3, -0.25) is 4.79 Å². The second kappa shape index (κ2) is 6.68. The molecule has 3 N–H and O–H groups in total. The van der Waals surface area contributed by atoms with Gasteiger partial charge in [-0.2, -0.15) is 4.98 Å². The summed E-state index contributed by atoms with van der Waals surface area (Å²) in [6.07, 6.45) is 0. The maximum absolute atomic E-state index is 11.8. The molecule has 8 heteroatoms. The van der Waals surface area contributed by atoms with Crippen LogP contribution in [0.25, 0.3) is 0 Å². The number of nitrogen functional groups attached to an aromatic ring is 1. The number of ether oxygens (including phenoxy) is 1. The van der Waals surface area contributed by atoms with Crippen LogP contribution in [-0.2, 0) is 16.1 Å². The van der Waals surface area contributed by atoms with E-state index in [9.17, 15) is 4.79 Å². The second-order valence-electron chi connectivity index (χ2n) is 4.46. The summed E-state index contributed by atoms with van der Waals surface area (Å²) in [6, 6.07) is 3.61. The standard InChI is InChI=1S/C13H15BrN4O3/c1-7-3-9(14)4-10(13(7)15)17-11(19)5-20-6-12-16-8(2)18-21-12/h3-4H,5-6,15H2,1-2H3,(H,17,19). The molecule has 0 radical (unpaired) electrons. The predicted molar refractivity (Wildman–Crippen MR) is 80.6 cm³/mol. The number of carbonyl (C=O) groups excluding carboxylic acids is 1. The summed E-state index contributed by atoms with van der Waals surface area (Å²) in [6.45, 7) is 3.52. The van der Waals surface area contributed by atoms with Gasteiger partial charge in [0.05, 0.1) is 11.4 Å². The van der Waals surface area contributed by atoms with Gasteiger partial charge in [-0.1, -0.05) is 21.1 Å². The number of rotatable bonds is 5. The molecule has 21 heavy (non-hydrogen) atoms. The number of hydrogen-bond donors (Lipinski definition) is 2. The molecule has 0 aliphatic rings. The molecule has 0 aliphatic carbocycles. The Kier molecular flexibility index (Phi) is 4.92. The van der Waals surface area contributed by atoms with E-state index in [1.807, 2.05) is 13.0 Å². The maximum atomic E-state index is 11.8. The Morgan fingerprint density at radius 1 is 1.48 bits per heavy atom. The van der Waals surface area contributed by atoms with E-state index in [0.29, 0.717) is 23.1 Å². The van der Waals surface area contributed by atoms with Gasteiger partial charge in [-0.05, 0) is 31.5 Å².